The third-order valence-corrected chi connectivity index (χ3v) is 9.86. The Hall–Kier alpha value is -7.05. The Morgan fingerprint density at radius 1 is 0.392 bits per heavy atom. The highest BCUT2D eigenvalue weighted by Gasteiger charge is 2.22. The monoisotopic (exact) mass is 654 g/mol. The molecule has 0 saturated heterocycles. The van der Waals surface area contributed by atoms with Crippen molar-refractivity contribution in [1.29, 1.82) is 0 Å². The number of fused-ring (bicyclic) bond motifs is 10. The lowest BCUT2D eigenvalue weighted by Crippen LogP contribution is -2.00. The van der Waals surface area contributed by atoms with E-state index in [0.717, 1.165) is 77.3 Å². The molecule has 11 aromatic rings. The third kappa shape index (κ3) is 4.20. The van der Waals surface area contributed by atoms with Crippen LogP contribution in [0.2, 0.25) is 0 Å². The molecule has 0 N–H and O–H groups in total. The Labute approximate surface area is 290 Å². The van der Waals surface area contributed by atoms with Crippen LogP contribution in [0.4, 0.5) is 0 Å². The summed E-state index contributed by atoms with van der Waals surface area (Å²) in [5.41, 5.74) is 9.16. The van der Waals surface area contributed by atoms with E-state index in [4.69, 9.17) is 23.8 Å². The minimum absolute atomic E-state index is 0.550. The molecule has 0 aliphatic rings. The Morgan fingerprint density at radius 2 is 0.922 bits per heavy atom. The van der Waals surface area contributed by atoms with Gasteiger partial charge in [-0.25, -0.2) is 15.0 Å². The van der Waals surface area contributed by atoms with E-state index < -0.39 is 0 Å². The van der Waals surface area contributed by atoms with Gasteiger partial charge in [-0.05, 0) is 48.5 Å². The zero-order valence-electron chi connectivity index (χ0n) is 27.1. The molecule has 238 valence electrons. The van der Waals surface area contributed by atoms with Gasteiger partial charge < -0.3 is 13.4 Å². The normalized spacial score (nSPS) is 11.9. The highest BCUT2D eigenvalue weighted by Crippen LogP contribution is 2.43. The molecule has 0 saturated carbocycles. The van der Waals surface area contributed by atoms with Crippen molar-refractivity contribution in [2.24, 2.45) is 0 Å². The summed E-state index contributed by atoms with van der Waals surface area (Å²) in [5.74, 6) is 1.76. The lowest BCUT2D eigenvalue weighted by molar-refractivity contribution is 0.663. The van der Waals surface area contributed by atoms with Gasteiger partial charge >= 0.3 is 0 Å². The quantitative estimate of drug-likeness (QED) is 0.189. The summed E-state index contributed by atoms with van der Waals surface area (Å²) in [5, 5.41) is 6.48. The van der Waals surface area contributed by atoms with Crippen LogP contribution in [0.5, 0.6) is 0 Å². The minimum Gasteiger partial charge on any atom is -0.456 e. The Balaban J connectivity index is 1.16. The Kier molecular flexibility index (Phi) is 5.86. The topological polar surface area (TPSA) is 69.9 Å². The maximum Gasteiger partial charge on any atom is 0.167 e. The van der Waals surface area contributed by atoms with Crippen LogP contribution >= 0.6 is 0 Å². The Bertz CT molecular complexity index is 3030. The molecule has 0 aliphatic carbocycles. The molecule has 51 heavy (non-hydrogen) atoms. The molecule has 0 atom stereocenters. The number of hydrogen-bond acceptors (Lipinski definition) is 5. The fourth-order valence-electron chi connectivity index (χ4n) is 7.59. The van der Waals surface area contributed by atoms with E-state index in [0.29, 0.717) is 17.5 Å². The van der Waals surface area contributed by atoms with E-state index in [9.17, 15) is 0 Å². The van der Waals surface area contributed by atoms with Crippen molar-refractivity contribution in [3.05, 3.63) is 158 Å². The fraction of sp³-hybridized carbons (Fsp3) is 0. The van der Waals surface area contributed by atoms with Gasteiger partial charge in [0.2, 0.25) is 0 Å². The van der Waals surface area contributed by atoms with E-state index >= 15 is 0 Å². The van der Waals surface area contributed by atoms with Gasteiger partial charge in [-0.2, -0.15) is 0 Å². The van der Waals surface area contributed by atoms with Crippen LogP contribution in [0, 0.1) is 0 Å². The highest BCUT2D eigenvalue weighted by molar-refractivity contribution is 6.27. The van der Waals surface area contributed by atoms with E-state index in [2.05, 4.69) is 77.4 Å². The number of para-hydroxylation sites is 3. The van der Waals surface area contributed by atoms with Gasteiger partial charge in [-0.3, -0.25) is 0 Å². The first-order valence-electron chi connectivity index (χ1n) is 16.9. The second-order valence-electron chi connectivity index (χ2n) is 12.8. The molecule has 0 amide bonds. The second-order valence-corrected chi connectivity index (χ2v) is 12.8. The van der Waals surface area contributed by atoms with Crippen LogP contribution < -0.4 is 0 Å². The maximum absolute atomic E-state index is 6.73. The van der Waals surface area contributed by atoms with E-state index in [1.165, 1.54) is 10.8 Å². The summed E-state index contributed by atoms with van der Waals surface area (Å²) in [6, 6.07) is 53.8. The molecule has 0 aliphatic heterocycles. The van der Waals surface area contributed by atoms with Crippen molar-refractivity contribution in [3.63, 3.8) is 0 Å². The zero-order chi connectivity index (χ0) is 33.5. The molecule has 4 heterocycles. The van der Waals surface area contributed by atoms with Crippen LogP contribution in [0.25, 0.3) is 106 Å². The number of furan rings is 2. The van der Waals surface area contributed by atoms with Gasteiger partial charge in [0.25, 0.3) is 0 Å². The number of rotatable bonds is 4. The smallest absolute Gasteiger partial charge is 0.167 e. The van der Waals surface area contributed by atoms with Crippen molar-refractivity contribution in [2.75, 3.05) is 0 Å². The molecule has 0 radical (unpaired) electrons. The summed E-state index contributed by atoms with van der Waals surface area (Å²) >= 11 is 0. The molecule has 0 bridgehead atoms. The van der Waals surface area contributed by atoms with E-state index in [1.54, 1.807) is 0 Å². The average molecular weight is 655 g/mol. The SMILES string of the molecule is c1ccc(-c2nc(-c3ccccc3)nc(-c3cccc4c3oc3ccc5oc6ccc(-n7c8ccccc8c8ccccc87)cc6c5c34)n2)cc1. The van der Waals surface area contributed by atoms with Crippen LogP contribution in [0.3, 0.4) is 0 Å². The molecule has 4 aromatic heterocycles. The highest BCUT2D eigenvalue weighted by atomic mass is 16.3. The van der Waals surface area contributed by atoms with Gasteiger partial charge in [-0.1, -0.05) is 109 Å². The largest absolute Gasteiger partial charge is 0.456 e. The number of hydrogen-bond donors (Lipinski definition) is 0. The van der Waals surface area contributed by atoms with Crippen molar-refractivity contribution in [3.8, 4) is 39.9 Å². The molecular formula is C45H26N4O2. The predicted octanol–water partition coefficient (Wildman–Crippen LogP) is 11.8. The summed E-state index contributed by atoms with van der Waals surface area (Å²) in [4.78, 5) is 14.9. The number of benzene rings is 7. The number of aromatic nitrogens is 4. The molecule has 6 heteroatoms. The first-order chi connectivity index (χ1) is 25.3. The van der Waals surface area contributed by atoms with Crippen LogP contribution in [0.1, 0.15) is 0 Å². The fourth-order valence-corrected chi connectivity index (χ4v) is 7.59. The van der Waals surface area contributed by atoms with Crippen LogP contribution in [-0.2, 0) is 0 Å². The standard InChI is InChI=1S/C45H26N4O2/c1-3-12-27(13-4-1)43-46-44(28-14-5-2-6-15-28)48-45(47-43)33-19-11-18-32-40-39(51-42(32)33)25-24-38-41(40)34-26-29(22-23-37(34)50-38)49-35-20-9-7-16-30(35)31-17-8-10-21-36(31)49/h1-26H. The molecule has 0 fully saturated rings. The first kappa shape index (κ1) is 27.9. The summed E-state index contributed by atoms with van der Waals surface area (Å²) in [7, 11) is 0. The second kappa shape index (κ2) is 10.7. The lowest BCUT2D eigenvalue weighted by Gasteiger charge is -2.08. The van der Waals surface area contributed by atoms with E-state index in [-0.39, 0.29) is 0 Å². The molecule has 7 aromatic carbocycles. The average Bonchev–Trinajstić information content (AvgIpc) is 3.87. The summed E-state index contributed by atoms with van der Waals surface area (Å²) in [6.45, 7) is 0. The van der Waals surface area contributed by atoms with Crippen molar-refractivity contribution < 1.29 is 8.83 Å². The molecule has 0 unspecified atom stereocenters. The van der Waals surface area contributed by atoms with Gasteiger partial charge in [-0.15, -0.1) is 0 Å². The van der Waals surface area contributed by atoms with Gasteiger partial charge in [0.1, 0.15) is 22.3 Å². The lowest BCUT2D eigenvalue weighted by atomic mass is 10.0. The summed E-state index contributed by atoms with van der Waals surface area (Å²) < 4.78 is 15.6. The summed E-state index contributed by atoms with van der Waals surface area (Å²) in [6.07, 6.45) is 0. The zero-order valence-corrected chi connectivity index (χ0v) is 27.1. The first-order valence-corrected chi connectivity index (χ1v) is 16.9. The van der Waals surface area contributed by atoms with Gasteiger partial charge in [0.15, 0.2) is 17.5 Å². The minimum atomic E-state index is 0.550. The molecule has 0 spiro atoms. The van der Waals surface area contributed by atoms with Crippen LogP contribution in [-0.4, -0.2) is 19.5 Å². The van der Waals surface area contributed by atoms with Crippen molar-refractivity contribution in [1.82, 2.24) is 19.5 Å². The van der Waals surface area contributed by atoms with E-state index in [1.807, 2.05) is 84.9 Å². The predicted molar refractivity (Wildman–Crippen MR) is 205 cm³/mol. The van der Waals surface area contributed by atoms with Gasteiger partial charge in [0.05, 0.1) is 16.6 Å². The molecule has 6 nitrogen and oxygen atoms in total. The molecule has 11 rings (SSSR count). The maximum atomic E-state index is 6.73. The van der Waals surface area contributed by atoms with Crippen LogP contribution in [0.15, 0.2) is 167 Å². The van der Waals surface area contributed by atoms with Crippen molar-refractivity contribution in [2.45, 2.75) is 0 Å². The number of nitrogens with zero attached hydrogens (tertiary/aromatic N) is 4. The van der Waals surface area contributed by atoms with Crippen molar-refractivity contribution >= 4 is 65.7 Å². The van der Waals surface area contributed by atoms with Gasteiger partial charge in [0, 0.05) is 49.1 Å². The molecular weight excluding hydrogens is 629 g/mol. The third-order valence-electron chi connectivity index (χ3n) is 9.86. The Morgan fingerprint density at radius 3 is 1.59 bits per heavy atom.